The summed E-state index contributed by atoms with van der Waals surface area (Å²) in [7, 11) is 0. The highest BCUT2D eigenvalue weighted by Gasteiger charge is 2.09. The van der Waals surface area contributed by atoms with E-state index in [0.717, 1.165) is 16.7 Å². The van der Waals surface area contributed by atoms with E-state index in [9.17, 15) is 4.39 Å². The van der Waals surface area contributed by atoms with E-state index in [2.05, 4.69) is 0 Å². The smallest absolute Gasteiger partial charge is 0.133 e. The number of benzene rings is 2. The average Bonchev–Trinajstić information content (AvgIpc) is 2.33. The predicted molar refractivity (Wildman–Crippen MR) is 80.2 cm³/mol. The molecule has 0 fully saturated rings. The van der Waals surface area contributed by atoms with Crippen molar-refractivity contribution in [2.45, 2.75) is 20.3 Å². The van der Waals surface area contributed by atoms with Gasteiger partial charge in [-0.15, -0.1) is 0 Å². The molecule has 0 unspecified atom stereocenters. The lowest BCUT2D eigenvalue weighted by Crippen LogP contribution is -2.03. The minimum Gasteiger partial charge on any atom is -0.457 e. The molecule has 0 amide bonds. The minimum atomic E-state index is -0.324. The molecule has 0 radical (unpaired) electrons. The lowest BCUT2D eigenvalue weighted by Gasteiger charge is -2.13. The van der Waals surface area contributed by atoms with Crippen LogP contribution in [0.5, 0.6) is 11.5 Å². The standard InChI is InChI=1S/C16H17ClFNO/c1-10-5-13(17)6-11(2)16(10)20-15-8-12(3-4-19)7-14(18)9-15/h5-9H,3-4,19H2,1-2H3. The van der Waals surface area contributed by atoms with Crippen molar-refractivity contribution >= 4 is 11.6 Å². The Kier molecular flexibility index (Phi) is 4.63. The summed E-state index contributed by atoms with van der Waals surface area (Å²) < 4.78 is 19.4. The fraction of sp³-hybridized carbons (Fsp3) is 0.250. The maximum atomic E-state index is 13.6. The van der Waals surface area contributed by atoms with Gasteiger partial charge in [-0.1, -0.05) is 11.6 Å². The first kappa shape index (κ1) is 14.8. The van der Waals surface area contributed by atoms with Crippen molar-refractivity contribution in [3.05, 3.63) is 57.9 Å². The van der Waals surface area contributed by atoms with Crippen LogP contribution in [-0.4, -0.2) is 6.54 Å². The highest BCUT2D eigenvalue weighted by atomic mass is 35.5. The van der Waals surface area contributed by atoms with E-state index in [1.54, 1.807) is 0 Å². The minimum absolute atomic E-state index is 0.324. The van der Waals surface area contributed by atoms with Crippen LogP contribution in [0, 0.1) is 19.7 Å². The quantitative estimate of drug-likeness (QED) is 0.907. The molecule has 0 aliphatic heterocycles. The Morgan fingerprint density at radius 2 is 1.75 bits per heavy atom. The molecule has 0 aromatic heterocycles. The van der Waals surface area contributed by atoms with Gasteiger partial charge >= 0.3 is 0 Å². The Morgan fingerprint density at radius 3 is 2.35 bits per heavy atom. The highest BCUT2D eigenvalue weighted by Crippen LogP contribution is 2.32. The molecule has 0 aliphatic carbocycles. The van der Waals surface area contributed by atoms with Crippen molar-refractivity contribution < 1.29 is 9.13 Å². The largest absolute Gasteiger partial charge is 0.457 e. The monoisotopic (exact) mass is 293 g/mol. The first-order valence-electron chi connectivity index (χ1n) is 6.43. The van der Waals surface area contributed by atoms with E-state index in [0.29, 0.717) is 29.5 Å². The SMILES string of the molecule is Cc1cc(Cl)cc(C)c1Oc1cc(F)cc(CCN)c1. The molecule has 0 bridgehead atoms. The molecule has 20 heavy (non-hydrogen) atoms. The Morgan fingerprint density at radius 1 is 1.10 bits per heavy atom. The lowest BCUT2D eigenvalue weighted by atomic mass is 10.1. The molecule has 2 N–H and O–H groups in total. The van der Waals surface area contributed by atoms with E-state index < -0.39 is 0 Å². The van der Waals surface area contributed by atoms with Gasteiger partial charge in [0.1, 0.15) is 17.3 Å². The summed E-state index contributed by atoms with van der Waals surface area (Å²) in [6.07, 6.45) is 0.618. The Bertz CT molecular complexity index is 605. The number of halogens is 2. The second-order valence-corrected chi connectivity index (χ2v) is 5.24. The summed E-state index contributed by atoms with van der Waals surface area (Å²) in [5.41, 5.74) is 8.16. The van der Waals surface area contributed by atoms with E-state index in [-0.39, 0.29) is 5.82 Å². The van der Waals surface area contributed by atoms with E-state index >= 15 is 0 Å². The molecular formula is C16H17ClFNO. The van der Waals surface area contributed by atoms with Gasteiger partial charge in [-0.3, -0.25) is 0 Å². The fourth-order valence-electron chi connectivity index (χ4n) is 2.17. The second kappa shape index (κ2) is 6.25. The summed E-state index contributed by atoms with van der Waals surface area (Å²) in [6.45, 7) is 4.30. The van der Waals surface area contributed by atoms with Crippen molar-refractivity contribution in [1.29, 1.82) is 0 Å². The molecule has 4 heteroatoms. The molecule has 2 aromatic carbocycles. The number of rotatable bonds is 4. The summed E-state index contributed by atoms with van der Waals surface area (Å²) in [5, 5.41) is 0.662. The molecule has 0 atom stereocenters. The normalized spacial score (nSPS) is 10.7. The zero-order valence-electron chi connectivity index (χ0n) is 11.5. The zero-order valence-corrected chi connectivity index (χ0v) is 12.3. The van der Waals surface area contributed by atoms with Gasteiger partial charge in [0.15, 0.2) is 0 Å². The number of aryl methyl sites for hydroxylation is 2. The second-order valence-electron chi connectivity index (χ2n) is 4.80. The number of nitrogens with two attached hydrogens (primary N) is 1. The van der Waals surface area contributed by atoms with Crippen LogP contribution in [0.25, 0.3) is 0 Å². The van der Waals surface area contributed by atoms with Crippen LogP contribution in [0.3, 0.4) is 0 Å². The molecular weight excluding hydrogens is 277 g/mol. The van der Waals surface area contributed by atoms with Gasteiger partial charge in [-0.25, -0.2) is 4.39 Å². The molecule has 0 saturated heterocycles. The molecule has 0 heterocycles. The van der Waals surface area contributed by atoms with E-state index in [1.807, 2.05) is 32.0 Å². The molecule has 2 nitrogen and oxygen atoms in total. The van der Waals surface area contributed by atoms with Crippen LogP contribution in [-0.2, 0) is 6.42 Å². The number of hydrogen-bond donors (Lipinski definition) is 1. The summed E-state index contributed by atoms with van der Waals surface area (Å²) in [5.74, 6) is 0.857. The third-order valence-electron chi connectivity index (χ3n) is 3.01. The fourth-order valence-corrected chi connectivity index (χ4v) is 2.49. The third-order valence-corrected chi connectivity index (χ3v) is 3.23. The maximum Gasteiger partial charge on any atom is 0.133 e. The van der Waals surface area contributed by atoms with Crippen molar-refractivity contribution in [2.24, 2.45) is 5.73 Å². The van der Waals surface area contributed by atoms with Crippen molar-refractivity contribution in [1.82, 2.24) is 0 Å². The summed E-state index contributed by atoms with van der Waals surface area (Å²) >= 11 is 5.99. The molecule has 106 valence electrons. The molecule has 0 spiro atoms. The molecule has 2 rings (SSSR count). The van der Waals surface area contributed by atoms with E-state index in [1.165, 1.54) is 12.1 Å². The van der Waals surface area contributed by atoms with Gasteiger partial charge in [-0.2, -0.15) is 0 Å². The van der Waals surface area contributed by atoms with Gasteiger partial charge in [0.05, 0.1) is 0 Å². The van der Waals surface area contributed by atoms with Gasteiger partial charge in [0.2, 0.25) is 0 Å². The predicted octanol–water partition coefficient (Wildman–Crippen LogP) is 4.39. The number of ether oxygens (including phenoxy) is 1. The van der Waals surface area contributed by atoms with Gasteiger partial charge < -0.3 is 10.5 Å². The van der Waals surface area contributed by atoms with Gasteiger partial charge in [0, 0.05) is 11.1 Å². The third kappa shape index (κ3) is 3.50. The zero-order chi connectivity index (χ0) is 14.7. The first-order chi connectivity index (χ1) is 9.49. The lowest BCUT2D eigenvalue weighted by molar-refractivity contribution is 0.468. The summed E-state index contributed by atoms with van der Waals surface area (Å²) in [4.78, 5) is 0. The van der Waals surface area contributed by atoms with Gasteiger partial charge in [-0.05, 0) is 67.8 Å². The first-order valence-corrected chi connectivity index (χ1v) is 6.81. The van der Waals surface area contributed by atoms with Crippen molar-refractivity contribution in [2.75, 3.05) is 6.54 Å². The molecule has 0 aliphatic rings. The maximum absolute atomic E-state index is 13.6. The Labute approximate surface area is 123 Å². The van der Waals surface area contributed by atoms with Crippen LogP contribution in [0.2, 0.25) is 5.02 Å². The van der Waals surface area contributed by atoms with Crippen LogP contribution < -0.4 is 10.5 Å². The van der Waals surface area contributed by atoms with Crippen LogP contribution in [0.1, 0.15) is 16.7 Å². The van der Waals surface area contributed by atoms with Crippen LogP contribution >= 0.6 is 11.6 Å². The molecule has 2 aromatic rings. The topological polar surface area (TPSA) is 35.2 Å². The van der Waals surface area contributed by atoms with Gasteiger partial charge in [0.25, 0.3) is 0 Å². The van der Waals surface area contributed by atoms with E-state index in [4.69, 9.17) is 22.1 Å². The summed E-state index contributed by atoms with van der Waals surface area (Å²) in [6, 6.07) is 8.30. The van der Waals surface area contributed by atoms with Crippen molar-refractivity contribution in [3.63, 3.8) is 0 Å². The molecule has 0 saturated carbocycles. The average molecular weight is 294 g/mol. The Hall–Kier alpha value is -1.58. The Balaban J connectivity index is 2.35. The van der Waals surface area contributed by atoms with Crippen molar-refractivity contribution in [3.8, 4) is 11.5 Å². The van der Waals surface area contributed by atoms with Crippen LogP contribution in [0.15, 0.2) is 30.3 Å². The highest BCUT2D eigenvalue weighted by molar-refractivity contribution is 6.30. The van der Waals surface area contributed by atoms with Crippen LogP contribution in [0.4, 0.5) is 4.39 Å². The number of hydrogen-bond acceptors (Lipinski definition) is 2.